The molecule has 0 atom stereocenters. The third-order valence-corrected chi connectivity index (χ3v) is 5.72. The van der Waals surface area contributed by atoms with Crippen LogP contribution in [0.4, 0.5) is 5.69 Å². The van der Waals surface area contributed by atoms with E-state index in [0.29, 0.717) is 5.69 Å². The Kier molecular flexibility index (Phi) is 3.84. The van der Waals surface area contributed by atoms with Crippen LogP contribution in [0.5, 0.6) is 0 Å². The first-order valence-electron chi connectivity index (χ1n) is 5.96. The molecular formula is C12H17ClN2O2S. The van der Waals surface area contributed by atoms with Crippen LogP contribution in [-0.2, 0) is 10.0 Å². The van der Waals surface area contributed by atoms with E-state index >= 15 is 0 Å². The molecule has 0 saturated heterocycles. The van der Waals surface area contributed by atoms with Crippen molar-refractivity contribution in [2.45, 2.75) is 36.6 Å². The molecule has 4 nitrogen and oxygen atoms in total. The Bertz CT molecular complexity index is 539. The predicted octanol–water partition coefficient (Wildman–Crippen LogP) is 2.49. The Balaban J connectivity index is 2.32. The number of nitrogen functional groups attached to an aromatic ring is 1. The molecule has 1 aliphatic rings. The topological polar surface area (TPSA) is 63.4 Å². The molecule has 0 heterocycles. The SMILES string of the molecule is CN(C1CCCC1)S(=O)(=O)c1ccc(N)c(Cl)c1. The minimum absolute atomic E-state index is 0.103. The number of hydrogen-bond acceptors (Lipinski definition) is 3. The van der Waals surface area contributed by atoms with E-state index in [2.05, 4.69) is 0 Å². The van der Waals surface area contributed by atoms with Crippen LogP contribution in [0.25, 0.3) is 0 Å². The maximum Gasteiger partial charge on any atom is 0.243 e. The number of halogens is 1. The van der Waals surface area contributed by atoms with E-state index in [1.54, 1.807) is 7.05 Å². The van der Waals surface area contributed by atoms with Crippen molar-refractivity contribution < 1.29 is 8.42 Å². The smallest absolute Gasteiger partial charge is 0.243 e. The van der Waals surface area contributed by atoms with E-state index in [4.69, 9.17) is 17.3 Å². The maximum absolute atomic E-state index is 12.4. The molecule has 0 aromatic heterocycles. The predicted molar refractivity (Wildman–Crippen MR) is 73.1 cm³/mol. The number of nitrogens with two attached hydrogens (primary N) is 1. The van der Waals surface area contributed by atoms with Crippen LogP contribution in [0.2, 0.25) is 5.02 Å². The Morgan fingerprint density at radius 1 is 1.33 bits per heavy atom. The van der Waals surface area contributed by atoms with Crippen molar-refractivity contribution in [2.24, 2.45) is 0 Å². The average molecular weight is 289 g/mol. The summed E-state index contributed by atoms with van der Waals surface area (Å²) in [5.41, 5.74) is 5.98. The second kappa shape index (κ2) is 5.07. The second-order valence-electron chi connectivity index (χ2n) is 4.64. The highest BCUT2D eigenvalue weighted by Crippen LogP contribution is 2.29. The molecule has 6 heteroatoms. The van der Waals surface area contributed by atoms with Gasteiger partial charge < -0.3 is 5.73 Å². The molecule has 2 rings (SSSR count). The van der Waals surface area contributed by atoms with Gasteiger partial charge in [-0.2, -0.15) is 4.31 Å². The molecule has 1 fully saturated rings. The lowest BCUT2D eigenvalue weighted by molar-refractivity contribution is 0.373. The monoisotopic (exact) mass is 288 g/mol. The summed E-state index contributed by atoms with van der Waals surface area (Å²) in [5, 5.41) is 0.274. The summed E-state index contributed by atoms with van der Waals surface area (Å²) in [5.74, 6) is 0. The normalized spacial score (nSPS) is 17.5. The second-order valence-corrected chi connectivity index (χ2v) is 7.05. The van der Waals surface area contributed by atoms with Crippen LogP contribution >= 0.6 is 11.6 Å². The highest BCUT2D eigenvalue weighted by molar-refractivity contribution is 7.89. The van der Waals surface area contributed by atoms with Gasteiger partial charge in [-0.3, -0.25) is 0 Å². The molecule has 1 aliphatic carbocycles. The summed E-state index contributed by atoms with van der Waals surface area (Å²) in [6, 6.07) is 4.54. The average Bonchev–Trinajstić information content (AvgIpc) is 2.85. The highest BCUT2D eigenvalue weighted by Gasteiger charge is 2.30. The lowest BCUT2D eigenvalue weighted by atomic mass is 10.3. The first-order valence-corrected chi connectivity index (χ1v) is 7.78. The highest BCUT2D eigenvalue weighted by atomic mass is 35.5. The van der Waals surface area contributed by atoms with Crippen LogP contribution in [0.15, 0.2) is 23.1 Å². The minimum atomic E-state index is -3.47. The maximum atomic E-state index is 12.4. The zero-order chi connectivity index (χ0) is 13.3. The molecule has 0 amide bonds. The van der Waals surface area contributed by atoms with E-state index < -0.39 is 10.0 Å². The zero-order valence-corrected chi connectivity index (χ0v) is 11.8. The van der Waals surface area contributed by atoms with E-state index in [1.165, 1.54) is 22.5 Å². The Morgan fingerprint density at radius 2 is 1.94 bits per heavy atom. The number of benzene rings is 1. The molecule has 1 aromatic carbocycles. The molecule has 100 valence electrons. The molecule has 0 unspecified atom stereocenters. The summed E-state index contributed by atoms with van der Waals surface area (Å²) in [6.07, 6.45) is 4.04. The molecule has 0 aliphatic heterocycles. The van der Waals surface area contributed by atoms with Gasteiger partial charge in [-0.25, -0.2) is 8.42 Å². The van der Waals surface area contributed by atoms with Gasteiger partial charge in [0.25, 0.3) is 0 Å². The van der Waals surface area contributed by atoms with E-state index in [-0.39, 0.29) is 16.0 Å². The minimum Gasteiger partial charge on any atom is -0.398 e. The van der Waals surface area contributed by atoms with Gasteiger partial charge in [0.2, 0.25) is 10.0 Å². The fourth-order valence-corrected chi connectivity index (χ4v) is 3.99. The van der Waals surface area contributed by atoms with Crippen molar-refractivity contribution in [1.29, 1.82) is 0 Å². The number of rotatable bonds is 3. The first-order chi connectivity index (χ1) is 8.43. The largest absolute Gasteiger partial charge is 0.398 e. The van der Waals surface area contributed by atoms with Gasteiger partial charge in [0.05, 0.1) is 15.6 Å². The first kappa shape index (κ1) is 13.6. The van der Waals surface area contributed by atoms with Crippen molar-refractivity contribution in [1.82, 2.24) is 4.31 Å². The van der Waals surface area contributed by atoms with E-state index in [0.717, 1.165) is 25.7 Å². The number of anilines is 1. The van der Waals surface area contributed by atoms with Crippen LogP contribution < -0.4 is 5.73 Å². The van der Waals surface area contributed by atoms with E-state index in [9.17, 15) is 8.42 Å². The number of hydrogen-bond donors (Lipinski definition) is 1. The Hall–Kier alpha value is -0.780. The summed E-state index contributed by atoms with van der Waals surface area (Å²) in [7, 11) is -1.83. The fourth-order valence-electron chi connectivity index (χ4n) is 2.30. The van der Waals surface area contributed by atoms with Gasteiger partial charge in [-0.15, -0.1) is 0 Å². The molecule has 1 saturated carbocycles. The van der Waals surface area contributed by atoms with Gasteiger partial charge in [0.15, 0.2) is 0 Å². The van der Waals surface area contributed by atoms with Gasteiger partial charge in [-0.05, 0) is 31.0 Å². The van der Waals surface area contributed by atoms with Gasteiger partial charge in [-0.1, -0.05) is 24.4 Å². The van der Waals surface area contributed by atoms with Crippen molar-refractivity contribution in [3.63, 3.8) is 0 Å². The van der Waals surface area contributed by atoms with Gasteiger partial charge in [0, 0.05) is 13.1 Å². The number of nitrogens with zero attached hydrogens (tertiary/aromatic N) is 1. The number of sulfonamides is 1. The van der Waals surface area contributed by atoms with Crippen molar-refractivity contribution in [3.05, 3.63) is 23.2 Å². The van der Waals surface area contributed by atoms with Crippen LogP contribution in [0, 0.1) is 0 Å². The lowest BCUT2D eigenvalue weighted by Gasteiger charge is -2.23. The molecule has 0 radical (unpaired) electrons. The molecule has 2 N–H and O–H groups in total. The van der Waals surface area contributed by atoms with Crippen LogP contribution in [-0.4, -0.2) is 25.8 Å². The fraction of sp³-hybridized carbons (Fsp3) is 0.500. The van der Waals surface area contributed by atoms with Crippen molar-refractivity contribution in [3.8, 4) is 0 Å². The Labute approximate surface area is 113 Å². The van der Waals surface area contributed by atoms with Gasteiger partial charge in [0.1, 0.15) is 0 Å². The molecule has 0 spiro atoms. The Morgan fingerprint density at radius 3 is 2.50 bits per heavy atom. The van der Waals surface area contributed by atoms with Crippen molar-refractivity contribution >= 4 is 27.3 Å². The molecule has 18 heavy (non-hydrogen) atoms. The third-order valence-electron chi connectivity index (χ3n) is 3.49. The van der Waals surface area contributed by atoms with Crippen molar-refractivity contribution in [2.75, 3.05) is 12.8 Å². The molecule has 0 bridgehead atoms. The summed E-state index contributed by atoms with van der Waals surface area (Å²) in [6.45, 7) is 0. The quantitative estimate of drug-likeness (QED) is 0.869. The third kappa shape index (κ3) is 2.48. The van der Waals surface area contributed by atoms with Crippen LogP contribution in [0.1, 0.15) is 25.7 Å². The standard InChI is InChI=1S/C12H17ClN2O2S/c1-15(9-4-2-3-5-9)18(16,17)10-6-7-12(14)11(13)8-10/h6-9H,2-5,14H2,1H3. The van der Waals surface area contributed by atoms with Gasteiger partial charge >= 0.3 is 0 Å². The zero-order valence-electron chi connectivity index (χ0n) is 10.3. The van der Waals surface area contributed by atoms with E-state index in [1.807, 2.05) is 0 Å². The van der Waals surface area contributed by atoms with Crippen LogP contribution in [0.3, 0.4) is 0 Å². The summed E-state index contributed by atoms with van der Waals surface area (Å²) in [4.78, 5) is 0.205. The lowest BCUT2D eigenvalue weighted by Crippen LogP contribution is -2.35. The molecule has 1 aromatic rings. The summed E-state index contributed by atoms with van der Waals surface area (Å²) >= 11 is 5.88. The summed E-state index contributed by atoms with van der Waals surface area (Å²) < 4.78 is 26.3. The molecular weight excluding hydrogens is 272 g/mol.